The zero-order valence-corrected chi connectivity index (χ0v) is 27.4. The van der Waals surface area contributed by atoms with Crippen molar-refractivity contribution in [3.05, 3.63) is 101 Å². The Morgan fingerprint density at radius 3 is 2.36 bits per heavy atom. The zero-order valence-electron chi connectivity index (χ0n) is 26.7. The van der Waals surface area contributed by atoms with Crippen LogP contribution in [-0.4, -0.2) is 71.2 Å². The SMILES string of the molecule is CCC[C@H]1C(=O)N(C(C)(C(=O)Nc2ccccc2)c2ccc(Cl)cc2)CCN1C(=O)[C@@H](Cc1ccc(F)cc1)NC(=O)C1CCCN1. The molecule has 4 atom stereocenters. The molecule has 0 bridgehead atoms. The number of rotatable bonds is 11. The topological polar surface area (TPSA) is 111 Å². The summed E-state index contributed by atoms with van der Waals surface area (Å²) in [6.45, 7) is 4.58. The molecule has 0 spiro atoms. The van der Waals surface area contributed by atoms with Gasteiger partial charge in [0, 0.05) is 30.2 Å². The van der Waals surface area contributed by atoms with Gasteiger partial charge in [0.05, 0.1) is 6.04 Å². The van der Waals surface area contributed by atoms with E-state index in [1.807, 2.05) is 25.1 Å². The number of anilines is 1. The first kappa shape index (κ1) is 34.1. The molecule has 2 aliphatic rings. The smallest absolute Gasteiger partial charge is 0.254 e. The maximum Gasteiger partial charge on any atom is 0.254 e. The molecule has 0 saturated carbocycles. The standard InChI is InChI=1S/C36H41ClFN5O4/c1-3-8-31-34(46)43(36(2,25-14-16-26(37)17-15-25)35(47)40-28-9-5-4-6-10-28)22-21-42(31)33(45)30(23-24-12-18-27(38)19-13-24)41-32(44)29-11-7-20-39-29/h4-6,9-10,12-19,29-31,39H,3,7-8,11,20-23H2,1-2H3,(H,40,47)(H,41,44)/t29?,30-,31+,36?/m1/s1. The summed E-state index contributed by atoms with van der Waals surface area (Å²) in [7, 11) is 0. The molecular formula is C36H41ClFN5O4. The van der Waals surface area contributed by atoms with Crippen LogP contribution in [0.2, 0.25) is 5.02 Å². The first-order valence-electron chi connectivity index (χ1n) is 16.1. The second-order valence-corrected chi connectivity index (χ2v) is 12.7. The predicted octanol–water partition coefficient (Wildman–Crippen LogP) is 4.65. The molecular weight excluding hydrogens is 621 g/mol. The summed E-state index contributed by atoms with van der Waals surface area (Å²) in [4.78, 5) is 59.3. The second kappa shape index (κ2) is 15.1. The molecule has 248 valence electrons. The van der Waals surface area contributed by atoms with Crippen LogP contribution in [0.1, 0.15) is 50.7 Å². The average Bonchev–Trinajstić information content (AvgIpc) is 3.62. The van der Waals surface area contributed by atoms with Crippen molar-refractivity contribution in [2.45, 2.75) is 69.6 Å². The summed E-state index contributed by atoms with van der Waals surface area (Å²) in [5, 5.41) is 9.55. The zero-order chi connectivity index (χ0) is 33.6. The van der Waals surface area contributed by atoms with E-state index in [0.717, 1.165) is 6.42 Å². The lowest BCUT2D eigenvalue weighted by Gasteiger charge is -2.48. The highest BCUT2D eigenvalue weighted by molar-refractivity contribution is 6.30. The molecule has 5 rings (SSSR count). The van der Waals surface area contributed by atoms with Crippen LogP contribution in [0, 0.1) is 5.82 Å². The van der Waals surface area contributed by atoms with Crippen LogP contribution in [0.15, 0.2) is 78.9 Å². The van der Waals surface area contributed by atoms with Gasteiger partial charge in [0.15, 0.2) is 0 Å². The molecule has 0 aromatic heterocycles. The molecule has 2 saturated heterocycles. The molecule has 3 N–H and O–H groups in total. The van der Waals surface area contributed by atoms with Gasteiger partial charge in [-0.05, 0) is 80.3 Å². The Balaban J connectivity index is 1.45. The normalized spacial score (nSPS) is 20.0. The van der Waals surface area contributed by atoms with Crippen molar-refractivity contribution in [3.63, 3.8) is 0 Å². The van der Waals surface area contributed by atoms with Gasteiger partial charge in [-0.1, -0.05) is 67.4 Å². The Hall–Kier alpha value is -4.28. The Morgan fingerprint density at radius 2 is 1.72 bits per heavy atom. The van der Waals surface area contributed by atoms with Crippen LogP contribution >= 0.6 is 11.6 Å². The lowest BCUT2D eigenvalue weighted by Crippen LogP contribution is -2.67. The van der Waals surface area contributed by atoms with Crippen LogP contribution < -0.4 is 16.0 Å². The lowest BCUT2D eigenvalue weighted by molar-refractivity contribution is -0.161. The number of carbonyl (C=O) groups is 4. The van der Waals surface area contributed by atoms with E-state index in [9.17, 15) is 23.6 Å². The number of nitrogens with one attached hydrogen (secondary N) is 3. The highest BCUT2D eigenvalue weighted by Crippen LogP contribution is 2.35. The average molecular weight is 662 g/mol. The van der Waals surface area contributed by atoms with Gasteiger partial charge in [-0.2, -0.15) is 0 Å². The van der Waals surface area contributed by atoms with Gasteiger partial charge >= 0.3 is 0 Å². The molecule has 0 radical (unpaired) electrons. The summed E-state index contributed by atoms with van der Waals surface area (Å²) in [5.41, 5.74) is 0.396. The highest BCUT2D eigenvalue weighted by Gasteiger charge is 2.50. The summed E-state index contributed by atoms with van der Waals surface area (Å²) in [5.74, 6) is -1.85. The first-order valence-corrected chi connectivity index (χ1v) is 16.5. The summed E-state index contributed by atoms with van der Waals surface area (Å²) < 4.78 is 13.7. The molecule has 4 amide bonds. The quantitative estimate of drug-likeness (QED) is 0.277. The summed E-state index contributed by atoms with van der Waals surface area (Å²) in [6.07, 6.45) is 2.61. The van der Waals surface area contributed by atoms with Gasteiger partial charge in [0.2, 0.25) is 17.7 Å². The van der Waals surface area contributed by atoms with Crippen LogP contribution in [-0.2, 0) is 31.1 Å². The molecule has 2 aliphatic heterocycles. The molecule has 2 fully saturated rings. The van der Waals surface area contributed by atoms with Crippen molar-refractivity contribution in [3.8, 4) is 0 Å². The van der Waals surface area contributed by atoms with E-state index < -0.39 is 41.3 Å². The number of piperazine rings is 1. The third-order valence-corrected chi connectivity index (χ3v) is 9.35. The number of carbonyl (C=O) groups excluding carboxylic acids is 4. The van der Waals surface area contributed by atoms with Crippen LogP contribution in [0.3, 0.4) is 0 Å². The van der Waals surface area contributed by atoms with Crippen molar-refractivity contribution in [2.24, 2.45) is 0 Å². The maximum absolute atomic E-state index is 14.5. The fourth-order valence-electron chi connectivity index (χ4n) is 6.44. The lowest BCUT2D eigenvalue weighted by atomic mass is 9.86. The van der Waals surface area contributed by atoms with Crippen LogP contribution in [0.25, 0.3) is 0 Å². The van der Waals surface area contributed by atoms with Crippen molar-refractivity contribution < 1.29 is 23.6 Å². The van der Waals surface area contributed by atoms with Gasteiger partial charge in [0.1, 0.15) is 23.4 Å². The predicted molar refractivity (Wildman–Crippen MR) is 179 cm³/mol. The summed E-state index contributed by atoms with van der Waals surface area (Å²) in [6, 6.07) is 19.4. The van der Waals surface area contributed by atoms with Gasteiger partial charge in [-0.15, -0.1) is 0 Å². The number of halogens is 2. The largest absolute Gasteiger partial charge is 0.343 e. The fraction of sp³-hybridized carbons (Fsp3) is 0.389. The molecule has 3 aromatic rings. The molecule has 9 nitrogen and oxygen atoms in total. The molecule has 3 aromatic carbocycles. The fourth-order valence-corrected chi connectivity index (χ4v) is 6.57. The van der Waals surface area contributed by atoms with Crippen molar-refractivity contribution in [1.29, 1.82) is 0 Å². The molecule has 2 unspecified atom stereocenters. The Kier molecular flexibility index (Phi) is 10.9. The number of hydrogen-bond acceptors (Lipinski definition) is 5. The monoisotopic (exact) mass is 661 g/mol. The van der Waals surface area contributed by atoms with Crippen molar-refractivity contribution in [2.75, 3.05) is 25.0 Å². The van der Waals surface area contributed by atoms with E-state index in [2.05, 4.69) is 16.0 Å². The number of nitrogens with zero attached hydrogens (tertiary/aromatic N) is 2. The van der Waals surface area contributed by atoms with Gasteiger partial charge in [-0.25, -0.2) is 4.39 Å². The van der Waals surface area contributed by atoms with E-state index in [-0.39, 0.29) is 31.3 Å². The minimum absolute atomic E-state index is 0.0769. The van der Waals surface area contributed by atoms with Crippen molar-refractivity contribution in [1.82, 2.24) is 20.4 Å². The number of para-hydroxylation sites is 1. The minimum atomic E-state index is -1.44. The Morgan fingerprint density at radius 1 is 1.02 bits per heavy atom. The molecule has 11 heteroatoms. The Bertz CT molecular complexity index is 1570. The maximum atomic E-state index is 14.5. The first-order chi connectivity index (χ1) is 22.6. The molecule has 2 heterocycles. The van der Waals surface area contributed by atoms with Crippen LogP contribution in [0.5, 0.6) is 0 Å². The number of amides is 4. The van der Waals surface area contributed by atoms with E-state index >= 15 is 0 Å². The highest BCUT2D eigenvalue weighted by atomic mass is 35.5. The summed E-state index contributed by atoms with van der Waals surface area (Å²) >= 11 is 6.20. The number of benzene rings is 3. The molecule has 47 heavy (non-hydrogen) atoms. The van der Waals surface area contributed by atoms with E-state index in [1.54, 1.807) is 60.4 Å². The molecule has 0 aliphatic carbocycles. The van der Waals surface area contributed by atoms with Crippen LogP contribution in [0.4, 0.5) is 10.1 Å². The van der Waals surface area contributed by atoms with E-state index in [1.165, 1.54) is 17.0 Å². The van der Waals surface area contributed by atoms with Gasteiger partial charge < -0.3 is 25.8 Å². The van der Waals surface area contributed by atoms with E-state index in [0.29, 0.717) is 47.6 Å². The van der Waals surface area contributed by atoms with Crippen molar-refractivity contribution >= 4 is 40.9 Å². The minimum Gasteiger partial charge on any atom is -0.343 e. The third kappa shape index (κ3) is 7.66. The third-order valence-electron chi connectivity index (χ3n) is 9.10. The number of hydrogen-bond donors (Lipinski definition) is 3. The van der Waals surface area contributed by atoms with Gasteiger partial charge in [0.25, 0.3) is 5.91 Å². The van der Waals surface area contributed by atoms with Gasteiger partial charge in [-0.3, -0.25) is 19.2 Å². The second-order valence-electron chi connectivity index (χ2n) is 12.3. The Labute approximate surface area is 279 Å². The van der Waals surface area contributed by atoms with E-state index in [4.69, 9.17) is 11.6 Å².